The molecule has 0 radical (unpaired) electrons. The number of rotatable bonds is 1. The number of aliphatic hydroxyl groups is 1. The summed E-state index contributed by atoms with van der Waals surface area (Å²) in [6.45, 7) is 13.5. The third-order valence-corrected chi connectivity index (χ3v) is 11.2. The average molecular weight is 445 g/mol. The van der Waals surface area contributed by atoms with Gasteiger partial charge >= 0.3 is 11.9 Å². The van der Waals surface area contributed by atoms with Crippen molar-refractivity contribution >= 4 is 11.9 Å². The number of carbonyl (C=O) groups is 2. The summed E-state index contributed by atoms with van der Waals surface area (Å²) in [5, 5.41) is 10.8. The predicted molar refractivity (Wildman–Crippen MR) is 120 cm³/mol. The minimum atomic E-state index is -1.17. The van der Waals surface area contributed by atoms with Crippen LogP contribution in [0.1, 0.15) is 86.5 Å². The van der Waals surface area contributed by atoms with E-state index < -0.39 is 23.6 Å². The maximum absolute atomic E-state index is 12.5. The highest BCUT2D eigenvalue weighted by molar-refractivity contribution is 5.91. The van der Waals surface area contributed by atoms with E-state index in [9.17, 15) is 14.7 Å². The van der Waals surface area contributed by atoms with Crippen molar-refractivity contribution in [2.45, 2.75) is 98.9 Å². The monoisotopic (exact) mass is 444 g/mol. The first-order valence-corrected chi connectivity index (χ1v) is 12.6. The number of allylic oxidation sites excluding steroid dienone is 1. The van der Waals surface area contributed by atoms with Gasteiger partial charge < -0.3 is 14.6 Å². The molecule has 0 bridgehead atoms. The third-order valence-electron chi connectivity index (χ3n) is 11.2. The minimum absolute atomic E-state index is 0.0669. The number of ether oxygens (including phenoxy) is 2. The van der Waals surface area contributed by atoms with E-state index in [1.165, 1.54) is 32.6 Å². The highest BCUT2D eigenvalue weighted by atomic mass is 16.6. The highest BCUT2D eigenvalue weighted by Crippen LogP contribution is 2.73. The molecule has 1 heterocycles. The van der Waals surface area contributed by atoms with Gasteiger partial charge in [-0.2, -0.15) is 0 Å². The molecule has 0 aromatic heterocycles. The smallest absolute Gasteiger partial charge is 0.336 e. The number of fused-ring (bicyclic) bond motifs is 7. The van der Waals surface area contributed by atoms with E-state index in [4.69, 9.17) is 9.47 Å². The van der Waals surface area contributed by atoms with E-state index in [0.29, 0.717) is 22.8 Å². The predicted octanol–water partition coefficient (Wildman–Crippen LogP) is 5.01. The molecule has 5 nitrogen and oxygen atoms in total. The first-order chi connectivity index (χ1) is 14.9. The van der Waals surface area contributed by atoms with Crippen LogP contribution >= 0.6 is 0 Å². The summed E-state index contributed by atoms with van der Waals surface area (Å²) in [7, 11) is 0. The van der Waals surface area contributed by atoms with Crippen LogP contribution in [-0.2, 0) is 19.1 Å². The molecule has 32 heavy (non-hydrogen) atoms. The molecule has 4 aliphatic carbocycles. The third kappa shape index (κ3) is 2.72. The first-order valence-electron chi connectivity index (χ1n) is 12.6. The van der Waals surface area contributed by atoms with E-state index in [0.717, 1.165) is 19.3 Å². The largest absolute Gasteiger partial charge is 0.462 e. The van der Waals surface area contributed by atoms with Crippen LogP contribution in [-0.4, -0.2) is 29.4 Å². The highest BCUT2D eigenvalue weighted by Gasteiger charge is 2.71. The molecule has 178 valence electrons. The lowest BCUT2D eigenvalue weighted by molar-refractivity contribution is -0.252. The number of aliphatic hydroxyl groups excluding tert-OH is 1. The van der Waals surface area contributed by atoms with Gasteiger partial charge in [-0.05, 0) is 72.5 Å². The molecule has 5 rings (SSSR count). The Morgan fingerprint density at radius 2 is 1.75 bits per heavy atom. The van der Waals surface area contributed by atoms with Crippen molar-refractivity contribution in [1.82, 2.24) is 0 Å². The molecule has 4 fully saturated rings. The second-order valence-corrected chi connectivity index (χ2v) is 12.9. The zero-order valence-electron chi connectivity index (χ0n) is 20.6. The van der Waals surface area contributed by atoms with E-state index in [1.807, 2.05) is 6.08 Å². The normalized spacial score (nSPS) is 51.3. The van der Waals surface area contributed by atoms with Crippen molar-refractivity contribution < 1.29 is 24.2 Å². The van der Waals surface area contributed by atoms with E-state index in [-0.39, 0.29) is 28.8 Å². The van der Waals surface area contributed by atoms with Crippen LogP contribution < -0.4 is 0 Å². The van der Waals surface area contributed by atoms with Crippen molar-refractivity contribution in [1.29, 1.82) is 0 Å². The fourth-order valence-corrected chi connectivity index (χ4v) is 9.98. The van der Waals surface area contributed by atoms with Crippen molar-refractivity contribution in [3.63, 3.8) is 0 Å². The fourth-order valence-electron chi connectivity index (χ4n) is 9.98. The zero-order valence-corrected chi connectivity index (χ0v) is 20.6. The Hall–Kier alpha value is -1.36. The van der Waals surface area contributed by atoms with Crippen LogP contribution in [0.15, 0.2) is 11.6 Å². The summed E-state index contributed by atoms with van der Waals surface area (Å²) in [6, 6.07) is 0. The summed E-state index contributed by atoms with van der Waals surface area (Å²) in [5.41, 5.74) is 0.651. The van der Waals surface area contributed by atoms with Crippen LogP contribution in [0.2, 0.25) is 0 Å². The molecule has 1 aliphatic heterocycles. The molecule has 0 amide bonds. The van der Waals surface area contributed by atoms with Gasteiger partial charge in [0.1, 0.15) is 6.10 Å². The number of hydrogen-bond acceptors (Lipinski definition) is 5. The molecular weight excluding hydrogens is 404 g/mol. The molecule has 1 N–H and O–H groups in total. The van der Waals surface area contributed by atoms with Crippen molar-refractivity contribution in [3.05, 3.63) is 11.6 Å². The Morgan fingerprint density at radius 3 is 2.44 bits per heavy atom. The van der Waals surface area contributed by atoms with Crippen molar-refractivity contribution in [2.24, 2.45) is 45.3 Å². The molecule has 1 saturated heterocycles. The Bertz CT molecular complexity index is 875. The number of cyclic esters (lactones) is 1. The molecule has 5 aliphatic rings. The molecular formula is C27H40O5. The minimum Gasteiger partial charge on any atom is -0.462 e. The average Bonchev–Trinajstić information content (AvgIpc) is 2.97. The van der Waals surface area contributed by atoms with E-state index in [1.54, 1.807) is 0 Å². The van der Waals surface area contributed by atoms with Crippen LogP contribution in [0.5, 0.6) is 0 Å². The molecule has 3 saturated carbocycles. The Morgan fingerprint density at radius 1 is 1.06 bits per heavy atom. The Balaban J connectivity index is 1.64. The Kier molecular flexibility index (Phi) is 4.79. The summed E-state index contributed by atoms with van der Waals surface area (Å²) in [5.74, 6) is 0.196. The summed E-state index contributed by atoms with van der Waals surface area (Å²) in [4.78, 5) is 24.8. The maximum atomic E-state index is 12.5. The lowest BCUT2D eigenvalue weighted by Crippen LogP contribution is -2.67. The Labute approximate surface area is 192 Å². The second kappa shape index (κ2) is 6.84. The quantitative estimate of drug-likeness (QED) is 0.575. The molecule has 0 spiro atoms. The van der Waals surface area contributed by atoms with Gasteiger partial charge in [-0.3, -0.25) is 4.79 Å². The van der Waals surface area contributed by atoms with Crippen LogP contribution in [0.3, 0.4) is 0 Å². The van der Waals surface area contributed by atoms with Gasteiger partial charge in [0.15, 0.2) is 0 Å². The van der Waals surface area contributed by atoms with Crippen molar-refractivity contribution in [3.8, 4) is 0 Å². The standard InChI is InChI=1S/C27H40O5/c1-15(28)31-20-14-19-25(4)12-7-11-24(2,3)17(25)10-13-26(19,5)18-9-8-16-21(27(18,20)6)23(30)32-22(16)29/h8,17-21,23,30H,7,9-14H2,1-6H3/t17-,18-,19+,20-,21+,23+,25-,26+,27-/m0/s1. The van der Waals surface area contributed by atoms with Crippen LogP contribution in [0.25, 0.3) is 0 Å². The number of esters is 2. The van der Waals surface area contributed by atoms with E-state index in [2.05, 4.69) is 34.6 Å². The first kappa shape index (κ1) is 22.4. The van der Waals surface area contributed by atoms with Gasteiger partial charge in [0, 0.05) is 17.9 Å². The summed E-state index contributed by atoms with van der Waals surface area (Å²) in [6.07, 6.45) is 8.23. The van der Waals surface area contributed by atoms with Gasteiger partial charge in [0.25, 0.3) is 0 Å². The molecule has 0 aromatic carbocycles. The topological polar surface area (TPSA) is 72.8 Å². The molecule has 5 heteroatoms. The summed E-state index contributed by atoms with van der Waals surface area (Å²) < 4.78 is 11.4. The van der Waals surface area contributed by atoms with E-state index >= 15 is 0 Å². The number of hydrogen-bond donors (Lipinski definition) is 1. The second-order valence-electron chi connectivity index (χ2n) is 12.9. The molecule has 0 aromatic rings. The molecule has 0 unspecified atom stereocenters. The van der Waals surface area contributed by atoms with Gasteiger partial charge in [-0.15, -0.1) is 0 Å². The SMILES string of the molecule is CC(=O)O[C@H]1C[C@H]2[C@](C)(CC[C@H]3C(C)(C)CCC[C@]23C)[C@@H]2CC=C3C(=O)O[C@@H](O)[C@@H]3[C@]12C. The van der Waals surface area contributed by atoms with Crippen LogP contribution in [0, 0.1) is 45.3 Å². The lowest BCUT2D eigenvalue weighted by Gasteiger charge is -2.70. The maximum Gasteiger partial charge on any atom is 0.336 e. The van der Waals surface area contributed by atoms with Gasteiger partial charge in [0.2, 0.25) is 6.29 Å². The number of carbonyl (C=O) groups excluding carboxylic acids is 2. The molecule has 9 atom stereocenters. The summed E-state index contributed by atoms with van der Waals surface area (Å²) >= 11 is 0. The van der Waals surface area contributed by atoms with Gasteiger partial charge in [0.05, 0.1) is 5.92 Å². The van der Waals surface area contributed by atoms with Crippen LogP contribution in [0.4, 0.5) is 0 Å². The zero-order chi connectivity index (χ0) is 23.3. The van der Waals surface area contributed by atoms with Gasteiger partial charge in [-0.1, -0.05) is 47.1 Å². The lowest BCUT2D eigenvalue weighted by atomic mass is 9.34. The van der Waals surface area contributed by atoms with Crippen molar-refractivity contribution in [2.75, 3.05) is 0 Å². The fraction of sp³-hybridized carbons (Fsp3) is 0.852. The van der Waals surface area contributed by atoms with Gasteiger partial charge in [-0.25, -0.2) is 4.79 Å².